The van der Waals surface area contributed by atoms with Gasteiger partial charge in [-0.1, -0.05) is 40.0 Å². The van der Waals surface area contributed by atoms with Crippen molar-refractivity contribution >= 4 is 11.8 Å². The van der Waals surface area contributed by atoms with Gasteiger partial charge in [0.1, 0.15) is 0 Å². The molecule has 0 spiro atoms. The molecule has 7 nitrogen and oxygen atoms in total. The predicted octanol–water partition coefficient (Wildman–Crippen LogP) is 2.09. The monoisotopic (exact) mass is 389 g/mol. The SMILES string of the molecule is CC(C)(C)c1cc(CNC(=O)CC2C(=O)NCCN2CC2CCCCC2)[nH]n1. The van der Waals surface area contributed by atoms with Gasteiger partial charge in [0, 0.05) is 25.0 Å². The van der Waals surface area contributed by atoms with Gasteiger partial charge in [0.2, 0.25) is 11.8 Å². The van der Waals surface area contributed by atoms with Crippen molar-refractivity contribution in [3.8, 4) is 0 Å². The summed E-state index contributed by atoms with van der Waals surface area (Å²) < 4.78 is 0. The maximum Gasteiger partial charge on any atom is 0.237 e. The average molecular weight is 390 g/mol. The van der Waals surface area contributed by atoms with Gasteiger partial charge in [-0.25, -0.2) is 0 Å². The fourth-order valence-electron chi connectivity index (χ4n) is 4.18. The van der Waals surface area contributed by atoms with Crippen molar-refractivity contribution in [2.24, 2.45) is 5.92 Å². The van der Waals surface area contributed by atoms with Crippen LogP contribution in [0.15, 0.2) is 6.07 Å². The van der Waals surface area contributed by atoms with Crippen molar-refractivity contribution in [3.05, 3.63) is 17.5 Å². The largest absolute Gasteiger partial charge is 0.353 e. The van der Waals surface area contributed by atoms with Crippen LogP contribution in [-0.2, 0) is 21.5 Å². The predicted molar refractivity (Wildman–Crippen MR) is 109 cm³/mol. The van der Waals surface area contributed by atoms with E-state index in [1.165, 1.54) is 32.1 Å². The van der Waals surface area contributed by atoms with Gasteiger partial charge in [-0.15, -0.1) is 0 Å². The number of aromatic nitrogens is 2. The van der Waals surface area contributed by atoms with Crippen LogP contribution in [0, 0.1) is 5.92 Å². The first-order chi connectivity index (χ1) is 13.3. The molecule has 1 aliphatic heterocycles. The molecule has 1 saturated carbocycles. The summed E-state index contributed by atoms with van der Waals surface area (Å²) in [4.78, 5) is 27.2. The van der Waals surface area contributed by atoms with E-state index in [4.69, 9.17) is 0 Å². The first kappa shape index (κ1) is 20.8. The number of piperazine rings is 1. The van der Waals surface area contributed by atoms with Gasteiger partial charge in [-0.3, -0.25) is 19.6 Å². The van der Waals surface area contributed by atoms with Crippen LogP contribution in [0.5, 0.6) is 0 Å². The lowest BCUT2D eigenvalue weighted by Gasteiger charge is -2.37. The Morgan fingerprint density at radius 1 is 1.29 bits per heavy atom. The van der Waals surface area contributed by atoms with Gasteiger partial charge in [0.15, 0.2) is 0 Å². The van der Waals surface area contributed by atoms with Crippen LogP contribution in [0.3, 0.4) is 0 Å². The highest BCUT2D eigenvalue weighted by Gasteiger charge is 2.33. The lowest BCUT2D eigenvalue weighted by Crippen LogP contribution is -2.57. The molecule has 0 bridgehead atoms. The number of amides is 2. The molecular formula is C21H35N5O2. The number of nitrogens with zero attached hydrogens (tertiary/aromatic N) is 2. The summed E-state index contributed by atoms with van der Waals surface area (Å²) >= 11 is 0. The number of aromatic amines is 1. The molecule has 1 aromatic rings. The lowest BCUT2D eigenvalue weighted by atomic mass is 9.88. The van der Waals surface area contributed by atoms with Crippen molar-refractivity contribution in [2.45, 2.75) is 77.3 Å². The molecule has 156 valence electrons. The number of hydrogen-bond acceptors (Lipinski definition) is 4. The Hall–Kier alpha value is -1.89. The van der Waals surface area contributed by atoms with E-state index >= 15 is 0 Å². The fraction of sp³-hybridized carbons (Fsp3) is 0.762. The van der Waals surface area contributed by atoms with Crippen LogP contribution in [-0.4, -0.2) is 52.6 Å². The number of carbonyl (C=O) groups excluding carboxylic acids is 2. The minimum atomic E-state index is -0.359. The van der Waals surface area contributed by atoms with Gasteiger partial charge >= 0.3 is 0 Å². The molecule has 1 unspecified atom stereocenters. The summed E-state index contributed by atoms with van der Waals surface area (Å²) in [5.41, 5.74) is 1.82. The minimum absolute atomic E-state index is 0.0197. The Labute approximate surface area is 168 Å². The van der Waals surface area contributed by atoms with Crippen molar-refractivity contribution in [2.75, 3.05) is 19.6 Å². The quantitative estimate of drug-likeness (QED) is 0.695. The first-order valence-electron chi connectivity index (χ1n) is 10.7. The highest BCUT2D eigenvalue weighted by atomic mass is 16.2. The molecule has 7 heteroatoms. The highest BCUT2D eigenvalue weighted by molar-refractivity contribution is 5.88. The second-order valence-corrected chi connectivity index (χ2v) is 9.32. The summed E-state index contributed by atoms with van der Waals surface area (Å²) in [5.74, 6) is 0.544. The molecular weight excluding hydrogens is 354 g/mol. The lowest BCUT2D eigenvalue weighted by molar-refractivity contribution is -0.134. The van der Waals surface area contributed by atoms with E-state index < -0.39 is 0 Å². The van der Waals surface area contributed by atoms with Gasteiger partial charge in [-0.2, -0.15) is 5.10 Å². The van der Waals surface area contributed by atoms with Crippen molar-refractivity contribution in [1.82, 2.24) is 25.7 Å². The molecule has 1 aromatic heterocycles. The maximum atomic E-state index is 12.5. The molecule has 2 amide bonds. The molecule has 1 atom stereocenters. The molecule has 3 rings (SSSR count). The Balaban J connectivity index is 1.52. The van der Waals surface area contributed by atoms with E-state index in [0.29, 0.717) is 19.0 Å². The van der Waals surface area contributed by atoms with Crippen LogP contribution in [0.2, 0.25) is 0 Å². The second-order valence-electron chi connectivity index (χ2n) is 9.32. The molecule has 1 aliphatic carbocycles. The standard InChI is InChI=1S/C21H35N5O2/c1-21(2,3)18-11-16(24-25-18)13-23-19(27)12-17-20(28)22-9-10-26(17)14-15-7-5-4-6-8-15/h11,15,17H,4-10,12-14H2,1-3H3,(H,22,28)(H,23,27)(H,24,25). The number of H-pyrrole nitrogens is 1. The third-order valence-corrected chi connectivity index (χ3v) is 5.91. The summed E-state index contributed by atoms with van der Waals surface area (Å²) in [5, 5.41) is 13.2. The van der Waals surface area contributed by atoms with Crippen molar-refractivity contribution in [3.63, 3.8) is 0 Å². The minimum Gasteiger partial charge on any atom is -0.353 e. The third kappa shape index (κ3) is 5.56. The van der Waals surface area contributed by atoms with E-state index in [9.17, 15) is 9.59 Å². The zero-order chi connectivity index (χ0) is 20.1. The molecule has 0 radical (unpaired) electrons. The van der Waals surface area contributed by atoms with Gasteiger partial charge in [0.05, 0.1) is 30.4 Å². The third-order valence-electron chi connectivity index (χ3n) is 5.91. The zero-order valence-corrected chi connectivity index (χ0v) is 17.5. The number of rotatable bonds is 6. The highest BCUT2D eigenvalue weighted by Crippen LogP contribution is 2.26. The van der Waals surface area contributed by atoms with Gasteiger partial charge in [-0.05, 0) is 24.8 Å². The number of carbonyl (C=O) groups is 2. The van der Waals surface area contributed by atoms with Crippen molar-refractivity contribution < 1.29 is 9.59 Å². The number of hydrogen-bond donors (Lipinski definition) is 3. The molecule has 2 heterocycles. The Morgan fingerprint density at radius 3 is 2.71 bits per heavy atom. The molecule has 1 saturated heterocycles. The van der Waals surface area contributed by atoms with Crippen LogP contribution in [0.25, 0.3) is 0 Å². The summed E-state index contributed by atoms with van der Waals surface area (Å²) in [7, 11) is 0. The molecule has 2 aliphatic rings. The van der Waals surface area contributed by atoms with E-state index in [-0.39, 0.29) is 29.7 Å². The summed E-state index contributed by atoms with van der Waals surface area (Å²) in [6.07, 6.45) is 6.60. The van der Waals surface area contributed by atoms with Crippen molar-refractivity contribution in [1.29, 1.82) is 0 Å². The smallest absolute Gasteiger partial charge is 0.237 e. The average Bonchev–Trinajstić information content (AvgIpc) is 3.13. The zero-order valence-electron chi connectivity index (χ0n) is 17.5. The van der Waals surface area contributed by atoms with Crippen LogP contribution in [0.1, 0.15) is 70.7 Å². The van der Waals surface area contributed by atoms with E-state index in [0.717, 1.165) is 24.5 Å². The summed E-state index contributed by atoms with van der Waals surface area (Å²) in [6, 6.07) is 1.63. The fourth-order valence-corrected chi connectivity index (χ4v) is 4.18. The molecule has 0 aromatic carbocycles. The van der Waals surface area contributed by atoms with E-state index in [1.807, 2.05) is 6.07 Å². The number of nitrogens with one attached hydrogen (secondary N) is 3. The normalized spacial score (nSPS) is 22.1. The Kier molecular flexibility index (Phi) is 6.75. The molecule has 28 heavy (non-hydrogen) atoms. The first-order valence-corrected chi connectivity index (χ1v) is 10.7. The topological polar surface area (TPSA) is 90.1 Å². The van der Waals surface area contributed by atoms with Crippen LogP contribution < -0.4 is 10.6 Å². The van der Waals surface area contributed by atoms with Crippen LogP contribution in [0.4, 0.5) is 0 Å². The Morgan fingerprint density at radius 2 is 2.04 bits per heavy atom. The summed E-state index contributed by atoms with van der Waals surface area (Å²) in [6.45, 7) is 9.15. The molecule has 2 fully saturated rings. The van der Waals surface area contributed by atoms with Gasteiger partial charge in [0.25, 0.3) is 0 Å². The Bertz CT molecular complexity index is 673. The van der Waals surface area contributed by atoms with E-state index in [1.54, 1.807) is 0 Å². The van der Waals surface area contributed by atoms with Gasteiger partial charge < -0.3 is 10.6 Å². The van der Waals surface area contributed by atoms with E-state index in [2.05, 4.69) is 46.5 Å². The maximum absolute atomic E-state index is 12.5. The second kappa shape index (κ2) is 9.07. The van der Waals surface area contributed by atoms with Crippen LogP contribution >= 0.6 is 0 Å². The molecule has 3 N–H and O–H groups in total.